The van der Waals surface area contributed by atoms with Crippen LogP contribution in [-0.4, -0.2) is 37.0 Å². The first-order valence-corrected chi connectivity index (χ1v) is 8.48. The molecule has 4 heteroatoms. The largest absolute Gasteiger partial charge is 0.342 e. The number of nitrogens with one attached hydrogen (secondary N) is 1. The molecule has 0 bridgehead atoms. The fraction of sp³-hybridized carbons (Fsp3) is 0.562. The van der Waals surface area contributed by atoms with E-state index in [4.69, 9.17) is 0 Å². The third-order valence-electron chi connectivity index (χ3n) is 4.75. The van der Waals surface area contributed by atoms with Gasteiger partial charge >= 0.3 is 0 Å². The maximum Gasteiger partial charge on any atom is 0.226 e. The van der Waals surface area contributed by atoms with Crippen LogP contribution in [0.15, 0.2) is 24.3 Å². The zero-order chi connectivity index (χ0) is 14.0. The van der Waals surface area contributed by atoms with Gasteiger partial charge in [0.15, 0.2) is 0 Å². The summed E-state index contributed by atoms with van der Waals surface area (Å²) < 4.78 is 1.20. The van der Waals surface area contributed by atoms with Crippen molar-refractivity contribution < 1.29 is 4.79 Å². The Labute approximate surface area is 134 Å². The quantitative estimate of drug-likeness (QED) is 0.795. The molecule has 3 nitrogen and oxygen atoms in total. The van der Waals surface area contributed by atoms with Crippen LogP contribution in [0.5, 0.6) is 0 Å². The molecule has 1 aromatic rings. The topological polar surface area (TPSA) is 32.3 Å². The Morgan fingerprint density at radius 2 is 2.10 bits per heavy atom. The number of hydrogen-bond donors (Lipinski definition) is 1. The summed E-state index contributed by atoms with van der Waals surface area (Å²) in [6.07, 6.45) is 4.16. The zero-order valence-corrected chi connectivity index (χ0v) is 13.9. The molecule has 1 N–H and O–H groups in total. The van der Waals surface area contributed by atoms with Gasteiger partial charge in [-0.25, -0.2) is 0 Å². The van der Waals surface area contributed by atoms with Gasteiger partial charge in [-0.15, -0.1) is 0 Å². The van der Waals surface area contributed by atoms with Crippen molar-refractivity contribution >= 4 is 28.5 Å². The van der Waals surface area contributed by atoms with Crippen LogP contribution in [-0.2, 0) is 11.2 Å². The third kappa shape index (κ3) is 3.17. The molecule has 0 aromatic heterocycles. The molecule has 0 saturated carbocycles. The number of hydrogen-bond acceptors (Lipinski definition) is 2. The van der Waals surface area contributed by atoms with E-state index in [2.05, 4.69) is 44.9 Å². The number of carbonyl (C=O) groups excluding carboxylic acids is 1. The number of likely N-dealkylation sites (tertiary alicyclic amines) is 1. The van der Waals surface area contributed by atoms with Gasteiger partial charge < -0.3 is 10.2 Å². The Bertz CT molecular complexity index is 487. The smallest absolute Gasteiger partial charge is 0.226 e. The minimum atomic E-state index is 0.285. The van der Waals surface area contributed by atoms with E-state index in [9.17, 15) is 4.79 Å². The van der Waals surface area contributed by atoms with Gasteiger partial charge in [-0.2, -0.15) is 0 Å². The normalized spacial score (nSPS) is 21.4. The van der Waals surface area contributed by atoms with Gasteiger partial charge in [0.05, 0.1) is 6.42 Å². The molecule has 2 fully saturated rings. The van der Waals surface area contributed by atoms with Crippen LogP contribution in [0, 0.1) is 8.99 Å². The standard InChI is InChI=1S/C16H21IN2O/c17-14-3-1-2-13(10-14)11-15(20)19-8-5-16(6-9-19)4-7-18-12-16/h1-3,10,18H,4-9,11-12H2. The molecule has 1 amide bonds. The van der Waals surface area contributed by atoms with Crippen LogP contribution in [0.4, 0.5) is 0 Å². The first-order chi connectivity index (χ1) is 9.67. The van der Waals surface area contributed by atoms with E-state index in [-0.39, 0.29) is 5.91 Å². The van der Waals surface area contributed by atoms with Crippen molar-refractivity contribution in [2.45, 2.75) is 25.7 Å². The van der Waals surface area contributed by atoms with Crippen molar-refractivity contribution in [1.82, 2.24) is 10.2 Å². The number of piperidine rings is 1. The van der Waals surface area contributed by atoms with Crippen molar-refractivity contribution in [2.75, 3.05) is 26.2 Å². The molecule has 0 atom stereocenters. The minimum absolute atomic E-state index is 0.285. The zero-order valence-electron chi connectivity index (χ0n) is 11.7. The van der Waals surface area contributed by atoms with E-state index >= 15 is 0 Å². The van der Waals surface area contributed by atoms with E-state index in [1.54, 1.807) is 0 Å². The fourth-order valence-electron chi connectivity index (χ4n) is 3.39. The van der Waals surface area contributed by atoms with Crippen molar-refractivity contribution in [3.63, 3.8) is 0 Å². The molecule has 2 aliphatic rings. The molecule has 3 rings (SSSR count). The second-order valence-corrected chi connectivity index (χ2v) is 7.36. The molecule has 0 unspecified atom stereocenters. The maximum atomic E-state index is 12.4. The van der Waals surface area contributed by atoms with Crippen LogP contribution < -0.4 is 5.32 Å². The summed E-state index contributed by atoms with van der Waals surface area (Å²) in [5.41, 5.74) is 1.61. The van der Waals surface area contributed by atoms with Crippen molar-refractivity contribution in [3.05, 3.63) is 33.4 Å². The lowest BCUT2D eigenvalue weighted by atomic mass is 9.78. The minimum Gasteiger partial charge on any atom is -0.342 e. The van der Waals surface area contributed by atoms with E-state index in [0.717, 1.165) is 44.6 Å². The Morgan fingerprint density at radius 1 is 1.30 bits per heavy atom. The lowest BCUT2D eigenvalue weighted by molar-refractivity contribution is -0.132. The Kier molecular flexibility index (Phi) is 4.31. The van der Waals surface area contributed by atoms with Gasteiger partial charge in [0.2, 0.25) is 5.91 Å². The summed E-state index contributed by atoms with van der Waals surface area (Å²) in [6, 6.07) is 8.24. The maximum absolute atomic E-state index is 12.4. The number of nitrogens with zero attached hydrogens (tertiary/aromatic N) is 1. The van der Waals surface area contributed by atoms with Gasteiger partial charge in [0.25, 0.3) is 0 Å². The second kappa shape index (κ2) is 6.02. The highest BCUT2D eigenvalue weighted by atomic mass is 127. The van der Waals surface area contributed by atoms with Gasteiger partial charge in [0.1, 0.15) is 0 Å². The van der Waals surface area contributed by atoms with Crippen LogP contribution in [0.25, 0.3) is 0 Å². The lowest BCUT2D eigenvalue weighted by Crippen LogP contribution is -2.44. The first-order valence-electron chi connectivity index (χ1n) is 7.40. The van der Waals surface area contributed by atoms with Gasteiger partial charge in [-0.1, -0.05) is 12.1 Å². The number of benzene rings is 1. The number of rotatable bonds is 2. The van der Waals surface area contributed by atoms with Crippen molar-refractivity contribution in [2.24, 2.45) is 5.41 Å². The fourth-order valence-corrected chi connectivity index (χ4v) is 3.99. The molecule has 20 heavy (non-hydrogen) atoms. The molecule has 2 saturated heterocycles. The molecular weight excluding hydrogens is 363 g/mol. The summed E-state index contributed by atoms with van der Waals surface area (Å²) in [5.74, 6) is 0.285. The highest BCUT2D eigenvalue weighted by Crippen LogP contribution is 2.36. The number of halogens is 1. The van der Waals surface area contributed by atoms with Crippen LogP contribution in [0.1, 0.15) is 24.8 Å². The Morgan fingerprint density at radius 3 is 2.75 bits per heavy atom. The van der Waals surface area contributed by atoms with Crippen LogP contribution in [0.2, 0.25) is 0 Å². The van der Waals surface area contributed by atoms with Crippen molar-refractivity contribution in [3.8, 4) is 0 Å². The first kappa shape index (κ1) is 14.3. The Balaban J connectivity index is 1.56. The summed E-state index contributed by atoms with van der Waals surface area (Å²) >= 11 is 2.30. The van der Waals surface area contributed by atoms with Crippen LogP contribution >= 0.6 is 22.6 Å². The average molecular weight is 384 g/mol. The summed E-state index contributed by atoms with van der Waals surface area (Å²) in [4.78, 5) is 14.4. The van der Waals surface area contributed by atoms with Gasteiger partial charge in [-0.3, -0.25) is 4.79 Å². The second-order valence-electron chi connectivity index (χ2n) is 6.11. The summed E-state index contributed by atoms with van der Waals surface area (Å²) in [5, 5.41) is 3.47. The predicted octanol–water partition coefficient (Wildman–Crippen LogP) is 2.44. The molecule has 0 aliphatic carbocycles. The highest BCUT2D eigenvalue weighted by molar-refractivity contribution is 14.1. The van der Waals surface area contributed by atoms with E-state index < -0.39 is 0 Å². The average Bonchev–Trinajstić information content (AvgIpc) is 2.88. The van der Waals surface area contributed by atoms with Crippen molar-refractivity contribution in [1.29, 1.82) is 0 Å². The van der Waals surface area contributed by atoms with E-state index in [1.807, 2.05) is 12.1 Å². The number of carbonyl (C=O) groups is 1. The molecule has 1 aromatic carbocycles. The molecular formula is C16H21IN2O. The molecule has 0 radical (unpaired) electrons. The molecule has 108 valence electrons. The van der Waals surface area contributed by atoms with E-state index in [1.165, 1.54) is 9.99 Å². The van der Waals surface area contributed by atoms with Crippen LogP contribution in [0.3, 0.4) is 0 Å². The molecule has 2 heterocycles. The SMILES string of the molecule is O=C(Cc1cccc(I)c1)N1CCC2(CCNC2)CC1. The monoisotopic (exact) mass is 384 g/mol. The predicted molar refractivity (Wildman–Crippen MR) is 88.6 cm³/mol. The molecule has 1 spiro atoms. The Hall–Kier alpha value is -0.620. The van der Waals surface area contributed by atoms with E-state index in [0.29, 0.717) is 11.8 Å². The molecule has 2 aliphatic heterocycles. The van der Waals surface area contributed by atoms with Gasteiger partial charge in [-0.05, 0) is 71.5 Å². The summed E-state index contributed by atoms with van der Waals surface area (Å²) in [7, 11) is 0. The van der Waals surface area contributed by atoms with Gasteiger partial charge in [0, 0.05) is 23.2 Å². The number of amides is 1. The lowest BCUT2D eigenvalue weighted by Gasteiger charge is -2.39. The third-order valence-corrected chi connectivity index (χ3v) is 5.42. The summed E-state index contributed by atoms with van der Waals surface area (Å²) in [6.45, 7) is 4.16. The highest BCUT2D eigenvalue weighted by Gasteiger charge is 2.37.